The summed E-state index contributed by atoms with van der Waals surface area (Å²) in [4.78, 5) is 0. The molecule has 1 heterocycles. The molecule has 1 aliphatic heterocycles. The third-order valence-corrected chi connectivity index (χ3v) is 2.53. The zero-order valence-corrected chi connectivity index (χ0v) is 5.94. The molecule has 1 heteroatoms. The van der Waals surface area contributed by atoms with Crippen molar-refractivity contribution in [1.82, 2.24) is 0 Å². The number of fused-ring (bicyclic) bond motifs is 1. The lowest BCUT2D eigenvalue weighted by Crippen LogP contribution is -1.79. The Morgan fingerprint density at radius 1 is 1.22 bits per heavy atom. The van der Waals surface area contributed by atoms with E-state index < -0.39 is 0 Å². The van der Waals surface area contributed by atoms with Gasteiger partial charge in [0, 0.05) is 6.16 Å². The van der Waals surface area contributed by atoms with Crippen LogP contribution in [0.15, 0.2) is 24.3 Å². The summed E-state index contributed by atoms with van der Waals surface area (Å²) >= 11 is 0. The average Bonchev–Trinajstić information content (AvgIpc) is 2.33. The molecule has 0 atom stereocenters. The molecular formula is C8H7P. The van der Waals surface area contributed by atoms with Gasteiger partial charge in [0.1, 0.15) is 0 Å². The van der Waals surface area contributed by atoms with Crippen LogP contribution in [0.5, 0.6) is 0 Å². The van der Waals surface area contributed by atoms with Crippen molar-refractivity contribution in [3.05, 3.63) is 35.4 Å². The normalized spacial score (nSPS) is 15.6. The monoisotopic (exact) mass is 134 g/mol. The maximum atomic E-state index is 2.27. The van der Waals surface area contributed by atoms with Crippen LogP contribution < -0.4 is 0 Å². The third kappa shape index (κ3) is 0.799. The number of hydrogen-bond donors (Lipinski definition) is 0. The second-order valence-electron chi connectivity index (χ2n) is 2.17. The van der Waals surface area contributed by atoms with Crippen LogP contribution in [0.2, 0.25) is 0 Å². The largest absolute Gasteiger partial charge is 0.0991 e. The molecule has 0 unspecified atom stereocenters. The third-order valence-electron chi connectivity index (χ3n) is 1.55. The first-order chi connectivity index (χ1) is 4.47. The summed E-state index contributed by atoms with van der Waals surface area (Å²) in [6.45, 7) is 0. The molecule has 2 rings (SSSR count). The van der Waals surface area contributed by atoms with Crippen LogP contribution in [0.4, 0.5) is 0 Å². The van der Waals surface area contributed by atoms with Crippen LogP contribution in [0.3, 0.4) is 0 Å². The van der Waals surface area contributed by atoms with E-state index in [1.165, 1.54) is 25.5 Å². The van der Waals surface area contributed by atoms with Crippen molar-refractivity contribution in [3.8, 4) is 0 Å². The molecule has 0 saturated carbocycles. The fourth-order valence-electron chi connectivity index (χ4n) is 1.05. The van der Waals surface area contributed by atoms with Crippen LogP contribution >= 0.6 is 8.20 Å². The average molecular weight is 134 g/mol. The standard InChI is InChI=1S/C8H7P/c1-2-4-8-6-9-5-7(8)3-1/h1-5H,6H2. The van der Waals surface area contributed by atoms with E-state index in [0.29, 0.717) is 0 Å². The Kier molecular flexibility index (Phi) is 1.13. The van der Waals surface area contributed by atoms with Gasteiger partial charge < -0.3 is 0 Å². The Balaban J connectivity index is 2.63. The summed E-state index contributed by atoms with van der Waals surface area (Å²) in [5.74, 6) is 2.27. The summed E-state index contributed by atoms with van der Waals surface area (Å²) in [6, 6.07) is 8.57. The van der Waals surface area contributed by atoms with Crippen molar-refractivity contribution < 1.29 is 0 Å². The maximum Gasteiger partial charge on any atom is 0.0152 e. The Bertz CT molecular complexity index is 250. The van der Waals surface area contributed by atoms with Crippen molar-refractivity contribution in [2.24, 2.45) is 0 Å². The van der Waals surface area contributed by atoms with Gasteiger partial charge in [0.25, 0.3) is 0 Å². The molecule has 0 amide bonds. The van der Waals surface area contributed by atoms with Crippen molar-refractivity contribution in [3.63, 3.8) is 0 Å². The molecule has 0 saturated heterocycles. The summed E-state index contributed by atoms with van der Waals surface area (Å²) in [7, 11) is 1.45. The van der Waals surface area contributed by atoms with Gasteiger partial charge in [-0.1, -0.05) is 32.5 Å². The minimum absolute atomic E-state index is 1.22. The molecule has 0 N–H and O–H groups in total. The van der Waals surface area contributed by atoms with Crippen LogP contribution in [-0.4, -0.2) is 5.80 Å². The van der Waals surface area contributed by atoms with Crippen molar-refractivity contribution >= 4 is 14.0 Å². The highest BCUT2D eigenvalue weighted by Crippen LogP contribution is 2.21. The Morgan fingerprint density at radius 3 is 3.00 bits per heavy atom. The van der Waals surface area contributed by atoms with Crippen molar-refractivity contribution in [2.45, 2.75) is 6.16 Å². The molecule has 44 valence electrons. The van der Waals surface area contributed by atoms with Gasteiger partial charge in [0.2, 0.25) is 0 Å². The van der Waals surface area contributed by atoms with E-state index in [0.717, 1.165) is 0 Å². The first kappa shape index (κ1) is 5.20. The molecule has 0 spiro atoms. The van der Waals surface area contributed by atoms with E-state index >= 15 is 0 Å². The van der Waals surface area contributed by atoms with Gasteiger partial charge >= 0.3 is 0 Å². The van der Waals surface area contributed by atoms with E-state index in [1.807, 2.05) is 0 Å². The van der Waals surface area contributed by atoms with Gasteiger partial charge in [0.05, 0.1) is 0 Å². The second kappa shape index (κ2) is 1.97. The molecule has 0 aliphatic carbocycles. The lowest BCUT2D eigenvalue weighted by atomic mass is 10.1. The lowest BCUT2D eigenvalue weighted by Gasteiger charge is -1.92. The molecule has 0 fully saturated rings. The van der Waals surface area contributed by atoms with Crippen LogP contribution in [0.1, 0.15) is 11.1 Å². The Hall–Kier alpha value is -0.610. The molecule has 1 aromatic rings. The molecular weight excluding hydrogens is 127 g/mol. The SMILES string of the molecule is C1=PCc2ccccc21. The fourth-order valence-corrected chi connectivity index (χ4v) is 2.07. The molecule has 0 nitrogen and oxygen atoms in total. The summed E-state index contributed by atoms with van der Waals surface area (Å²) in [5.41, 5.74) is 2.93. The Morgan fingerprint density at radius 2 is 2.11 bits per heavy atom. The first-order valence-electron chi connectivity index (χ1n) is 3.04. The minimum Gasteiger partial charge on any atom is -0.0991 e. The maximum absolute atomic E-state index is 2.27. The van der Waals surface area contributed by atoms with Crippen LogP contribution in [-0.2, 0) is 6.16 Å². The highest BCUT2D eigenvalue weighted by molar-refractivity contribution is 7.39. The van der Waals surface area contributed by atoms with Gasteiger partial charge in [-0.2, -0.15) is 0 Å². The van der Waals surface area contributed by atoms with Crippen molar-refractivity contribution in [2.75, 3.05) is 0 Å². The van der Waals surface area contributed by atoms with E-state index in [2.05, 4.69) is 30.1 Å². The molecule has 0 aromatic heterocycles. The number of rotatable bonds is 0. The molecule has 1 aromatic carbocycles. The van der Waals surface area contributed by atoms with E-state index in [9.17, 15) is 0 Å². The summed E-state index contributed by atoms with van der Waals surface area (Å²) in [5, 5.41) is 0. The van der Waals surface area contributed by atoms with E-state index in [4.69, 9.17) is 0 Å². The number of hydrogen-bond acceptors (Lipinski definition) is 0. The predicted octanol–water partition coefficient (Wildman–Crippen LogP) is 2.30. The van der Waals surface area contributed by atoms with E-state index in [1.54, 1.807) is 0 Å². The van der Waals surface area contributed by atoms with Gasteiger partial charge in [-0.05, 0) is 16.9 Å². The van der Waals surface area contributed by atoms with Gasteiger partial charge in [0.15, 0.2) is 0 Å². The van der Waals surface area contributed by atoms with Gasteiger partial charge in [-0.3, -0.25) is 0 Å². The Labute approximate surface area is 56.3 Å². The lowest BCUT2D eigenvalue weighted by molar-refractivity contribution is 1.42. The number of benzene rings is 1. The molecule has 1 aliphatic rings. The van der Waals surface area contributed by atoms with Crippen molar-refractivity contribution in [1.29, 1.82) is 0 Å². The van der Waals surface area contributed by atoms with Gasteiger partial charge in [-0.15, -0.1) is 0 Å². The predicted molar refractivity (Wildman–Crippen MR) is 42.2 cm³/mol. The summed E-state index contributed by atoms with van der Waals surface area (Å²) in [6.07, 6.45) is 1.22. The zero-order valence-electron chi connectivity index (χ0n) is 5.04. The highest BCUT2D eigenvalue weighted by Gasteiger charge is 2.00. The fraction of sp³-hybridized carbons (Fsp3) is 0.125. The highest BCUT2D eigenvalue weighted by atomic mass is 31.1. The molecule has 0 radical (unpaired) electrons. The quantitative estimate of drug-likeness (QED) is 0.477. The van der Waals surface area contributed by atoms with Gasteiger partial charge in [-0.25, -0.2) is 0 Å². The molecule has 9 heavy (non-hydrogen) atoms. The van der Waals surface area contributed by atoms with E-state index in [-0.39, 0.29) is 0 Å². The second-order valence-corrected chi connectivity index (χ2v) is 3.11. The zero-order chi connectivity index (χ0) is 6.10. The topological polar surface area (TPSA) is 0 Å². The summed E-state index contributed by atoms with van der Waals surface area (Å²) < 4.78 is 0. The van der Waals surface area contributed by atoms with Crippen LogP contribution in [0.25, 0.3) is 0 Å². The molecule has 0 bridgehead atoms. The smallest absolute Gasteiger partial charge is 0.0152 e. The van der Waals surface area contributed by atoms with Crippen LogP contribution in [0, 0.1) is 0 Å². The first-order valence-corrected chi connectivity index (χ1v) is 4.19. The minimum atomic E-state index is 1.22.